The number of halogens is 1. The van der Waals surface area contributed by atoms with Gasteiger partial charge in [-0.05, 0) is 66.9 Å². The number of aromatic nitrogens is 3. The fraction of sp³-hybridized carbons (Fsp3) is 0.500. The van der Waals surface area contributed by atoms with E-state index in [4.69, 9.17) is 0 Å². The van der Waals surface area contributed by atoms with Crippen molar-refractivity contribution in [3.8, 4) is 0 Å². The van der Waals surface area contributed by atoms with Crippen LogP contribution in [0.15, 0.2) is 29.1 Å². The highest BCUT2D eigenvalue weighted by atomic mass is 79.9. The Labute approximate surface area is 135 Å². The second kappa shape index (κ2) is 7.18. The van der Waals surface area contributed by atoms with E-state index in [2.05, 4.69) is 69.8 Å². The lowest BCUT2D eigenvalue weighted by Gasteiger charge is -2.23. The highest BCUT2D eigenvalue weighted by molar-refractivity contribution is 9.10. The molecule has 0 aliphatic heterocycles. The van der Waals surface area contributed by atoms with Crippen LogP contribution in [0.2, 0.25) is 0 Å². The molecular weight excluding hydrogens is 328 g/mol. The number of hydrogen-bond donors (Lipinski definition) is 1. The molecule has 21 heavy (non-hydrogen) atoms. The topological polar surface area (TPSA) is 42.7 Å². The van der Waals surface area contributed by atoms with Gasteiger partial charge in [-0.25, -0.2) is 0 Å². The summed E-state index contributed by atoms with van der Waals surface area (Å²) < 4.78 is 3.11. The minimum Gasteiger partial charge on any atom is -0.305 e. The molecule has 114 valence electrons. The second-order valence-corrected chi connectivity index (χ2v) is 6.39. The van der Waals surface area contributed by atoms with E-state index in [1.54, 1.807) is 0 Å². The lowest BCUT2D eigenvalue weighted by Crippen LogP contribution is -2.27. The van der Waals surface area contributed by atoms with E-state index >= 15 is 0 Å². The van der Waals surface area contributed by atoms with E-state index in [0.29, 0.717) is 6.04 Å². The zero-order valence-electron chi connectivity index (χ0n) is 13.1. The first-order valence-electron chi connectivity index (χ1n) is 7.43. The molecule has 1 unspecified atom stereocenters. The van der Waals surface area contributed by atoms with Gasteiger partial charge >= 0.3 is 0 Å². The highest BCUT2D eigenvalue weighted by Gasteiger charge is 2.24. The molecule has 0 aromatic carbocycles. The zero-order chi connectivity index (χ0) is 15.4. The normalized spacial score (nSPS) is 12.9. The van der Waals surface area contributed by atoms with Gasteiger partial charge in [-0.3, -0.25) is 9.67 Å². The van der Waals surface area contributed by atoms with Crippen LogP contribution < -0.4 is 5.32 Å². The average Bonchev–Trinajstić information content (AvgIpc) is 2.83. The van der Waals surface area contributed by atoms with Gasteiger partial charge in [0, 0.05) is 18.4 Å². The minimum absolute atomic E-state index is 0.0953. The molecule has 0 saturated heterocycles. The molecule has 0 aliphatic rings. The van der Waals surface area contributed by atoms with Gasteiger partial charge in [0.05, 0.1) is 22.4 Å². The Bertz CT molecular complexity index is 592. The summed E-state index contributed by atoms with van der Waals surface area (Å²) in [6.07, 6.45) is 6.75. The van der Waals surface area contributed by atoms with Crippen LogP contribution in [0.1, 0.15) is 56.1 Å². The first-order valence-corrected chi connectivity index (χ1v) is 8.22. The lowest BCUT2D eigenvalue weighted by molar-refractivity contribution is 0.469. The van der Waals surface area contributed by atoms with Crippen molar-refractivity contribution in [1.29, 1.82) is 0 Å². The minimum atomic E-state index is 0.0953. The van der Waals surface area contributed by atoms with Crippen molar-refractivity contribution in [2.45, 2.75) is 46.2 Å². The molecule has 0 fully saturated rings. The first kappa shape index (κ1) is 16.2. The molecule has 1 N–H and O–H groups in total. The summed E-state index contributed by atoms with van der Waals surface area (Å²) in [7, 11) is 0. The van der Waals surface area contributed by atoms with Crippen molar-refractivity contribution in [2.75, 3.05) is 6.54 Å². The molecule has 4 nitrogen and oxygen atoms in total. The van der Waals surface area contributed by atoms with E-state index in [-0.39, 0.29) is 6.04 Å². The summed E-state index contributed by atoms with van der Waals surface area (Å²) in [5, 5.41) is 8.14. The summed E-state index contributed by atoms with van der Waals surface area (Å²) in [5.74, 6) is 0. The van der Waals surface area contributed by atoms with Crippen LogP contribution in [0.5, 0.6) is 0 Å². The third-order valence-corrected chi connectivity index (χ3v) is 4.15. The maximum atomic E-state index is 4.51. The summed E-state index contributed by atoms with van der Waals surface area (Å²) >= 11 is 3.66. The van der Waals surface area contributed by atoms with Crippen LogP contribution in [-0.4, -0.2) is 21.3 Å². The van der Waals surface area contributed by atoms with E-state index in [1.807, 2.05) is 18.6 Å². The van der Waals surface area contributed by atoms with Gasteiger partial charge in [0.15, 0.2) is 0 Å². The lowest BCUT2D eigenvalue weighted by atomic mass is 10.0. The highest BCUT2D eigenvalue weighted by Crippen LogP contribution is 2.31. The Hall–Kier alpha value is -1.20. The SMILES string of the molecule is CCCNC(c1cnccc1C)c1c(Br)cnn1C(C)C. The molecule has 0 aliphatic carbocycles. The van der Waals surface area contributed by atoms with Crippen LogP contribution in [0, 0.1) is 6.92 Å². The van der Waals surface area contributed by atoms with Gasteiger partial charge in [0.1, 0.15) is 0 Å². The summed E-state index contributed by atoms with van der Waals surface area (Å²) in [6, 6.07) is 2.46. The van der Waals surface area contributed by atoms with Gasteiger partial charge in [0.25, 0.3) is 0 Å². The molecule has 0 saturated carbocycles. The van der Waals surface area contributed by atoms with Crippen molar-refractivity contribution in [2.24, 2.45) is 0 Å². The number of pyridine rings is 1. The van der Waals surface area contributed by atoms with Crippen molar-refractivity contribution in [3.63, 3.8) is 0 Å². The molecule has 5 heteroatoms. The molecule has 0 spiro atoms. The number of rotatable bonds is 6. The Morgan fingerprint density at radius 3 is 2.71 bits per heavy atom. The van der Waals surface area contributed by atoms with E-state index in [0.717, 1.165) is 23.1 Å². The molecule has 0 radical (unpaired) electrons. The monoisotopic (exact) mass is 350 g/mol. The Balaban J connectivity index is 2.51. The Kier molecular flexibility index (Phi) is 5.53. The smallest absolute Gasteiger partial charge is 0.0777 e. The van der Waals surface area contributed by atoms with Gasteiger partial charge in [0.2, 0.25) is 0 Å². The van der Waals surface area contributed by atoms with Gasteiger partial charge in [-0.15, -0.1) is 0 Å². The van der Waals surface area contributed by atoms with Crippen LogP contribution in [0.3, 0.4) is 0 Å². The van der Waals surface area contributed by atoms with Gasteiger partial charge in [-0.2, -0.15) is 5.10 Å². The number of aryl methyl sites for hydroxylation is 1. The molecule has 2 heterocycles. The van der Waals surface area contributed by atoms with E-state index in [1.165, 1.54) is 11.1 Å². The molecule has 2 aromatic heterocycles. The van der Waals surface area contributed by atoms with E-state index < -0.39 is 0 Å². The van der Waals surface area contributed by atoms with Crippen LogP contribution >= 0.6 is 15.9 Å². The molecule has 0 bridgehead atoms. The fourth-order valence-electron chi connectivity index (χ4n) is 2.45. The van der Waals surface area contributed by atoms with Crippen molar-refractivity contribution < 1.29 is 0 Å². The molecule has 0 amide bonds. The average molecular weight is 351 g/mol. The third kappa shape index (κ3) is 3.52. The fourth-order valence-corrected chi connectivity index (χ4v) is 2.96. The Morgan fingerprint density at radius 2 is 2.10 bits per heavy atom. The number of nitrogens with zero attached hydrogens (tertiary/aromatic N) is 3. The second-order valence-electron chi connectivity index (χ2n) is 5.54. The molecular formula is C16H23BrN4. The summed E-state index contributed by atoms with van der Waals surface area (Å²) in [4.78, 5) is 4.30. The standard InChI is InChI=1S/C16H23BrN4/c1-5-7-19-15(13-9-18-8-6-12(13)4)16-14(17)10-20-21(16)11(2)3/h6,8-11,15,19H,5,7H2,1-4H3. The van der Waals surface area contributed by atoms with Crippen LogP contribution in [0.25, 0.3) is 0 Å². The maximum Gasteiger partial charge on any atom is 0.0777 e. The number of hydrogen-bond acceptors (Lipinski definition) is 3. The van der Waals surface area contributed by atoms with Crippen molar-refractivity contribution in [3.05, 3.63) is 46.0 Å². The van der Waals surface area contributed by atoms with Crippen molar-refractivity contribution >= 4 is 15.9 Å². The van der Waals surface area contributed by atoms with Gasteiger partial charge in [-0.1, -0.05) is 6.92 Å². The first-order chi connectivity index (χ1) is 10.1. The predicted molar refractivity (Wildman–Crippen MR) is 89.4 cm³/mol. The van der Waals surface area contributed by atoms with E-state index in [9.17, 15) is 0 Å². The Morgan fingerprint density at radius 1 is 1.33 bits per heavy atom. The van der Waals surface area contributed by atoms with Crippen LogP contribution in [-0.2, 0) is 0 Å². The number of nitrogens with one attached hydrogen (secondary N) is 1. The largest absolute Gasteiger partial charge is 0.305 e. The summed E-state index contributed by atoms with van der Waals surface area (Å²) in [5.41, 5.74) is 3.60. The summed E-state index contributed by atoms with van der Waals surface area (Å²) in [6.45, 7) is 9.55. The van der Waals surface area contributed by atoms with Crippen molar-refractivity contribution in [1.82, 2.24) is 20.1 Å². The van der Waals surface area contributed by atoms with Crippen LogP contribution in [0.4, 0.5) is 0 Å². The zero-order valence-corrected chi connectivity index (χ0v) is 14.7. The molecule has 2 rings (SSSR count). The molecule has 1 atom stereocenters. The van der Waals surface area contributed by atoms with Gasteiger partial charge < -0.3 is 5.32 Å². The third-order valence-electron chi connectivity index (χ3n) is 3.54. The predicted octanol–water partition coefficient (Wildman–Crippen LogP) is 4.02. The maximum absolute atomic E-state index is 4.51. The quantitative estimate of drug-likeness (QED) is 0.855. The molecule has 2 aromatic rings.